The van der Waals surface area contributed by atoms with Gasteiger partial charge in [-0.15, -0.1) is 0 Å². The highest BCUT2D eigenvalue weighted by molar-refractivity contribution is 5.89. The van der Waals surface area contributed by atoms with Gasteiger partial charge in [0.2, 0.25) is 6.41 Å². The number of carbonyl (C=O) groups excluding carboxylic acids is 2. The zero-order valence-corrected chi connectivity index (χ0v) is 24.0. The fourth-order valence-corrected chi connectivity index (χ4v) is 5.74. The Bertz CT molecular complexity index is 1120. The third kappa shape index (κ3) is 8.50. The molecule has 216 valence electrons. The van der Waals surface area contributed by atoms with E-state index in [4.69, 9.17) is 14.2 Å². The number of nitrogens with zero attached hydrogens (tertiary/aromatic N) is 1. The highest BCUT2D eigenvalue weighted by atomic mass is 16.6. The summed E-state index contributed by atoms with van der Waals surface area (Å²) in [6, 6.07) is 18.1. The summed E-state index contributed by atoms with van der Waals surface area (Å²) in [5.74, 6) is 0.575. The molecule has 4 rings (SSSR count). The average Bonchev–Trinajstić information content (AvgIpc) is 3.39. The smallest absolute Gasteiger partial charge is 0.333 e. The molecule has 2 aromatic carbocycles. The number of allylic oxidation sites excluding steroid dienone is 1. The van der Waals surface area contributed by atoms with E-state index in [1.54, 1.807) is 0 Å². The van der Waals surface area contributed by atoms with Gasteiger partial charge in [-0.3, -0.25) is 4.79 Å². The first kappa shape index (κ1) is 30.0. The Kier molecular flexibility index (Phi) is 10.9. The molecule has 0 amide bonds. The number of esters is 2. The summed E-state index contributed by atoms with van der Waals surface area (Å²) in [6.45, 7) is 6.83. The minimum Gasteiger partial charge on any atom is -0.460 e. The second kappa shape index (κ2) is 14.6. The fourth-order valence-electron chi connectivity index (χ4n) is 5.74. The van der Waals surface area contributed by atoms with E-state index in [9.17, 15) is 14.7 Å². The van der Waals surface area contributed by atoms with Gasteiger partial charge >= 0.3 is 11.9 Å². The molecule has 0 radical (unpaired) electrons. The van der Waals surface area contributed by atoms with Crippen molar-refractivity contribution in [1.82, 2.24) is 4.90 Å². The van der Waals surface area contributed by atoms with Crippen molar-refractivity contribution in [3.8, 4) is 0 Å². The van der Waals surface area contributed by atoms with E-state index in [0.717, 1.165) is 42.7 Å². The van der Waals surface area contributed by atoms with Gasteiger partial charge in [0, 0.05) is 18.5 Å². The van der Waals surface area contributed by atoms with Crippen molar-refractivity contribution < 1.29 is 28.9 Å². The molecule has 2 aliphatic rings. The predicted octanol–water partition coefficient (Wildman–Crippen LogP) is 5.76. The highest BCUT2D eigenvalue weighted by Gasteiger charge is 2.43. The fraction of sp³-hybridized carbons (Fsp3) is 0.515. The second-order valence-corrected chi connectivity index (χ2v) is 11.5. The van der Waals surface area contributed by atoms with E-state index in [0.29, 0.717) is 11.5 Å². The number of ether oxygens (including phenoxy) is 3. The van der Waals surface area contributed by atoms with Crippen molar-refractivity contribution in [3.05, 3.63) is 82.9 Å². The van der Waals surface area contributed by atoms with Crippen molar-refractivity contribution >= 4 is 11.9 Å². The Morgan fingerprint density at radius 3 is 2.15 bits per heavy atom. The maximum absolute atomic E-state index is 13.1. The Labute approximate surface area is 238 Å². The largest absolute Gasteiger partial charge is 0.460 e. The van der Waals surface area contributed by atoms with E-state index < -0.39 is 24.5 Å². The Hall–Kier alpha value is -3.00. The van der Waals surface area contributed by atoms with Crippen LogP contribution in [0.5, 0.6) is 0 Å². The van der Waals surface area contributed by atoms with Crippen LogP contribution in [0.25, 0.3) is 0 Å². The molecule has 2 fully saturated rings. The van der Waals surface area contributed by atoms with E-state index in [1.165, 1.54) is 16.9 Å². The maximum Gasteiger partial charge on any atom is 0.333 e. The van der Waals surface area contributed by atoms with Gasteiger partial charge in [-0.25, -0.2) is 9.69 Å². The van der Waals surface area contributed by atoms with Crippen molar-refractivity contribution in [2.75, 3.05) is 6.54 Å². The Morgan fingerprint density at radius 1 is 0.950 bits per heavy atom. The lowest BCUT2D eigenvalue weighted by molar-refractivity contribution is -0.211. The first-order chi connectivity index (χ1) is 19.3. The third-order valence-corrected chi connectivity index (χ3v) is 7.95. The number of hydrogen-bond acceptors (Lipinski definition) is 7. The molecule has 40 heavy (non-hydrogen) atoms. The number of aliphatic hydroxyl groups is 1. The van der Waals surface area contributed by atoms with E-state index in [2.05, 4.69) is 13.8 Å². The first-order valence-corrected chi connectivity index (χ1v) is 14.5. The van der Waals surface area contributed by atoms with Gasteiger partial charge in [-0.1, -0.05) is 80.1 Å². The van der Waals surface area contributed by atoms with Crippen LogP contribution in [0, 0.1) is 11.8 Å². The van der Waals surface area contributed by atoms with Gasteiger partial charge in [0.25, 0.3) is 0 Å². The van der Waals surface area contributed by atoms with E-state index >= 15 is 0 Å². The quantitative estimate of drug-likeness (QED) is 0.217. The van der Waals surface area contributed by atoms with Crippen LogP contribution in [0.2, 0.25) is 0 Å². The molecule has 1 aliphatic carbocycles. The molecule has 0 spiro atoms. The summed E-state index contributed by atoms with van der Waals surface area (Å²) < 4.78 is 17.2. The molecule has 1 unspecified atom stereocenters. The van der Waals surface area contributed by atoms with Crippen LogP contribution in [-0.4, -0.2) is 47.0 Å². The number of benzene rings is 2. The lowest BCUT2D eigenvalue weighted by Crippen LogP contribution is -2.45. The minimum absolute atomic E-state index is 0.123. The number of carbonyl (C=O) groups is 2. The summed E-state index contributed by atoms with van der Waals surface area (Å²) in [7, 11) is 0. The summed E-state index contributed by atoms with van der Waals surface area (Å²) in [4.78, 5) is 27.8. The van der Waals surface area contributed by atoms with Crippen LogP contribution < -0.4 is 0 Å². The molecule has 1 saturated heterocycles. The molecule has 7 heteroatoms. The first-order valence-electron chi connectivity index (χ1n) is 14.5. The molecule has 1 saturated carbocycles. The van der Waals surface area contributed by atoms with Crippen molar-refractivity contribution in [2.24, 2.45) is 11.8 Å². The van der Waals surface area contributed by atoms with Gasteiger partial charge in [0.05, 0.1) is 6.61 Å². The number of aliphatic hydroxyl groups excluding tert-OH is 1. The monoisotopic (exact) mass is 549 g/mol. The van der Waals surface area contributed by atoms with Crippen LogP contribution in [0.4, 0.5) is 0 Å². The van der Waals surface area contributed by atoms with Crippen LogP contribution in [0.3, 0.4) is 0 Å². The molecular formula is C33H43NO6. The van der Waals surface area contributed by atoms with Gasteiger partial charge in [-0.05, 0) is 62.0 Å². The second-order valence-electron chi connectivity index (χ2n) is 11.5. The standard InChI is InChI=1S/C33H43NO6/c1-23(2)18-25-14-16-28(17-15-25)24(3)31(35)40-29-19-30(32(36)38-21-26-10-6-4-7-11-26)34(20-29)33(37)39-22-27-12-8-5-9-13-27/h4-13,23,25,29-30,33,37H,14-22H2,1-3H3/t25?,29-,30+,33?/m1/s1. The lowest BCUT2D eigenvalue weighted by Gasteiger charge is -2.27. The van der Waals surface area contributed by atoms with Gasteiger partial charge < -0.3 is 19.3 Å². The maximum atomic E-state index is 13.1. The number of hydrogen-bond donors (Lipinski definition) is 1. The molecule has 1 N–H and O–H groups in total. The van der Waals surface area contributed by atoms with Crippen molar-refractivity contribution in [3.63, 3.8) is 0 Å². The van der Waals surface area contributed by atoms with E-state index in [-0.39, 0.29) is 32.1 Å². The molecule has 1 aliphatic heterocycles. The lowest BCUT2D eigenvalue weighted by atomic mass is 9.80. The molecule has 2 aromatic rings. The summed E-state index contributed by atoms with van der Waals surface area (Å²) in [6.07, 6.45) is 3.60. The zero-order chi connectivity index (χ0) is 28.5. The Balaban J connectivity index is 1.38. The average molecular weight is 550 g/mol. The van der Waals surface area contributed by atoms with Gasteiger partial charge in [0.15, 0.2) is 0 Å². The third-order valence-electron chi connectivity index (χ3n) is 7.95. The molecular weight excluding hydrogens is 506 g/mol. The molecule has 7 nitrogen and oxygen atoms in total. The summed E-state index contributed by atoms with van der Waals surface area (Å²) >= 11 is 0. The predicted molar refractivity (Wildman–Crippen MR) is 153 cm³/mol. The molecule has 0 bridgehead atoms. The summed E-state index contributed by atoms with van der Waals surface area (Å²) in [5.41, 5.74) is 3.61. The van der Waals surface area contributed by atoms with Crippen LogP contribution >= 0.6 is 0 Å². The molecule has 0 aromatic heterocycles. The van der Waals surface area contributed by atoms with Crippen LogP contribution in [0.1, 0.15) is 70.4 Å². The number of rotatable bonds is 11. The van der Waals surface area contributed by atoms with Crippen molar-refractivity contribution in [1.29, 1.82) is 0 Å². The molecule has 1 heterocycles. The molecule has 3 atom stereocenters. The Morgan fingerprint density at radius 2 is 1.55 bits per heavy atom. The minimum atomic E-state index is -1.35. The zero-order valence-electron chi connectivity index (χ0n) is 24.0. The summed E-state index contributed by atoms with van der Waals surface area (Å²) in [5, 5.41) is 10.9. The SMILES string of the molecule is CC(C(=O)O[C@@H]1C[C@@H](C(=O)OCc2ccccc2)N(C(O)OCc2ccccc2)C1)=C1CCC(CC(C)C)CC1. The van der Waals surface area contributed by atoms with Crippen LogP contribution in [0.15, 0.2) is 71.8 Å². The number of likely N-dealkylation sites (tertiary alicyclic amines) is 1. The highest BCUT2D eigenvalue weighted by Crippen LogP contribution is 2.34. The topological polar surface area (TPSA) is 85.3 Å². The van der Waals surface area contributed by atoms with Crippen LogP contribution in [-0.2, 0) is 37.0 Å². The van der Waals surface area contributed by atoms with Crippen molar-refractivity contribution in [2.45, 2.75) is 91.1 Å². The normalized spacial score (nSPS) is 22.2. The van der Waals surface area contributed by atoms with E-state index in [1.807, 2.05) is 67.6 Å². The van der Waals surface area contributed by atoms with Gasteiger partial charge in [-0.2, -0.15) is 0 Å². The van der Waals surface area contributed by atoms with Gasteiger partial charge in [0.1, 0.15) is 18.8 Å².